The highest BCUT2D eigenvalue weighted by Gasteiger charge is 2.21. The molecule has 1 aliphatic heterocycles. The lowest BCUT2D eigenvalue weighted by Crippen LogP contribution is -2.09. The molecule has 27 heavy (non-hydrogen) atoms. The van der Waals surface area contributed by atoms with Gasteiger partial charge in [-0.3, -0.25) is 4.79 Å². The van der Waals surface area contributed by atoms with Crippen molar-refractivity contribution in [2.24, 2.45) is 16.8 Å². The van der Waals surface area contributed by atoms with Crippen LogP contribution in [-0.2, 0) is 4.79 Å². The highest BCUT2D eigenvalue weighted by Crippen LogP contribution is 2.30. The molecular weight excluding hydrogens is 342 g/mol. The number of aromatic nitrogens is 2. The summed E-state index contributed by atoms with van der Waals surface area (Å²) in [6.07, 6.45) is 8.68. The maximum Gasteiger partial charge on any atom is 0.299 e. The van der Waals surface area contributed by atoms with Gasteiger partial charge in [0.05, 0.1) is 0 Å². The molecule has 1 N–H and O–H groups in total. The van der Waals surface area contributed by atoms with E-state index >= 15 is 0 Å². The summed E-state index contributed by atoms with van der Waals surface area (Å²) in [6.45, 7) is 8.68. The minimum atomic E-state index is 0.0824. The van der Waals surface area contributed by atoms with E-state index in [1.165, 1.54) is 23.3 Å². The second-order valence-corrected chi connectivity index (χ2v) is 5.60. The Hall–Kier alpha value is -3.27. The molecule has 0 bridgehead atoms. The third kappa shape index (κ3) is 6.19. The molecule has 0 fully saturated rings. The van der Waals surface area contributed by atoms with E-state index in [9.17, 15) is 4.79 Å². The van der Waals surface area contributed by atoms with Crippen LogP contribution >= 0.6 is 0 Å². The first-order valence-electron chi connectivity index (χ1n) is 8.79. The number of rotatable bonds is 4. The zero-order chi connectivity index (χ0) is 20.2. The molecule has 1 aliphatic carbocycles. The molecule has 0 aromatic carbocycles. The average Bonchev–Trinajstić information content (AvgIpc) is 3.13. The summed E-state index contributed by atoms with van der Waals surface area (Å²) in [5, 5.41) is 18.2. The summed E-state index contributed by atoms with van der Waals surface area (Å²) < 4.78 is 4.34. The van der Waals surface area contributed by atoms with Crippen molar-refractivity contribution >= 4 is 12.7 Å². The Labute approximate surface area is 160 Å². The number of nitriles is 1. The second-order valence-electron chi connectivity index (χ2n) is 5.60. The van der Waals surface area contributed by atoms with E-state index in [-0.39, 0.29) is 18.0 Å². The van der Waals surface area contributed by atoms with Gasteiger partial charge >= 0.3 is 0 Å². The third-order valence-electron chi connectivity index (χ3n) is 3.65. The molecule has 0 spiro atoms. The lowest BCUT2D eigenvalue weighted by molar-refractivity contribution is -0.121. The average molecular weight is 367 g/mol. The van der Waals surface area contributed by atoms with Crippen LogP contribution in [0.2, 0.25) is 0 Å². The van der Waals surface area contributed by atoms with Gasteiger partial charge in [0.2, 0.25) is 5.88 Å². The van der Waals surface area contributed by atoms with Gasteiger partial charge in [0.1, 0.15) is 11.9 Å². The maximum atomic E-state index is 9.77. The highest BCUT2D eigenvalue weighted by molar-refractivity contribution is 5.76. The zero-order valence-electron chi connectivity index (χ0n) is 16.3. The van der Waals surface area contributed by atoms with Gasteiger partial charge in [-0.2, -0.15) is 5.26 Å². The monoisotopic (exact) mass is 367 g/mol. The van der Waals surface area contributed by atoms with Crippen LogP contribution in [0.4, 0.5) is 0 Å². The van der Waals surface area contributed by atoms with Crippen LogP contribution in [0.5, 0.6) is 5.88 Å². The van der Waals surface area contributed by atoms with E-state index in [4.69, 9.17) is 5.26 Å². The van der Waals surface area contributed by atoms with E-state index in [0.29, 0.717) is 11.8 Å². The molecular formula is C20H25N5O2. The molecule has 1 unspecified atom stereocenters. The van der Waals surface area contributed by atoms with Crippen LogP contribution in [-0.4, -0.2) is 29.9 Å². The number of ether oxygens (including phenoxy) is 1. The topological polar surface area (TPSA) is 100 Å². The van der Waals surface area contributed by atoms with Crippen LogP contribution in [0.25, 0.3) is 0 Å². The highest BCUT2D eigenvalue weighted by atomic mass is 16.5. The molecule has 3 rings (SSSR count). The molecule has 7 heteroatoms. The predicted octanol–water partition coefficient (Wildman–Crippen LogP) is 3.18. The van der Waals surface area contributed by atoms with Crippen molar-refractivity contribution in [3.63, 3.8) is 0 Å². The van der Waals surface area contributed by atoms with Crippen molar-refractivity contribution in [2.45, 2.75) is 27.7 Å². The van der Waals surface area contributed by atoms with Gasteiger partial charge in [-0.25, -0.2) is 4.99 Å². The smallest absolute Gasteiger partial charge is 0.299 e. The second kappa shape index (κ2) is 11.4. The van der Waals surface area contributed by atoms with Crippen LogP contribution < -0.4 is 10.1 Å². The van der Waals surface area contributed by atoms with E-state index in [0.717, 1.165) is 5.82 Å². The number of carbonyl (C=O) groups is 1. The number of allylic oxidation sites excluding steroid dienone is 5. The largest absolute Gasteiger partial charge is 0.408 e. The van der Waals surface area contributed by atoms with Gasteiger partial charge in [-0.1, -0.05) is 45.9 Å². The first-order chi connectivity index (χ1) is 13.1. The zero-order valence-corrected chi connectivity index (χ0v) is 16.3. The van der Waals surface area contributed by atoms with E-state index in [2.05, 4.69) is 57.3 Å². The lowest BCUT2D eigenvalue weighted by atomic mass is 9.89. The number of nitrogens with zero attached hydrogens (tertiary/aromatic N) is 4. The number of fused-ring (bicyclic) bond motifs is 1. The predicted molar refractivity (Wildman–Crippen MR) is 105 cm³/mol. The molecule has 2 heterocycles. The van der Waals surface area contributed by atoms with Crippen molar-refractivity contribution in [1.82, 2.24) is 15.5 Å². The number of aliphatic imine (C=N–C) groups is 1. The molecule has 7 nitrogen and oxygen atoms in total. The van der Waals surface area contributed by atoms with Crippen molar-refractivity contribution < 1.29 is 9.53 Å². The van der Waals surface area contributed by atoms with Gasteiger partial charge in [0, 0.05) is 30.8 Å². The molecule has 142 valence electrons. The number of hydrogen-bond donors (Lipinski definition) is 1. The summed E-state index contributed by atoms with van der Waals surface area (Å²) in [7, 11) is 1.91. The van der Waals surface area contributed by atoms with E-state index < -0.39 is 0 Å². The first-order valence-corrected chi connectivity index (χ1v) is 8.79. The standard InChI is InChI=1S/C12H16N2.C6H3N3O2.C2H6/c1-8(2)9-4-5-11-10(6-9)7-14-12(11)13-3;7-3-5-1-2-6(9-8-5)11-4-10;1-2/h4-8,10,13H,1-3H3;1-2,4H;1-2H3. The number of hydrogen-bond acceptors (Lipinski definition) is 7. The maximum absolute atomic E-state index is 9.77. The Balaban J connectivity index is 0.000000254. The van der Waals surface area contributed by atoms with E-state index in [1.54, 1.807) is 6.07 Å². The van der Waals surface area contributed by atoms with Crippen LogP contribution in [0.3, 0.4) is 0 Å². The Bertz CT molecular complexity index is 784. The van der Waals surface area contributed by atoms with Crippen LogP contribution in [0.15, 0.2) is 52.3 Å². The summed E-state index contributed by atoms with van der Waals surface area (Å²) in [5.74, 6) is 2.07. The molecule has 1 aromatic heterocycles. The molecule has 0 amide bonds. The number of nitrogens with one attached hydrogen (secondary N) is 1. The minimum Gasteiger partial charge on any atom is -0.408 e. The van der Waals surface area contributed by atoms with Gasteiger partial charge in [-0.05, 0) is 17.6 Å². The fourth-order valence-corrected chi connectivity index (χ4v) is 2.32. The Morgan fingerprint density at radius 2 is 2.00 bits per heavy atom. The van der Waals surface area contributed by atoms with Crippen molar-refractivity contribution in [3.05, 3.63) is 53.0 Å². The lowest BCUT2D eigenvalue weighted by Gasteiger charge is -2.16. The van der Waals surface area contributed by atoms with Gasteiger partial charge in [-0.15, -0.1) is 10.2 Å². The SMILES string of the molecule is CC.CNC1=C2C=CC(C(C)C)=CC2C=N1.N#Cc1ccc(OC=O)nn1. The molecule has 0 saturated carbocycles. The fourth-order valence-electron chi connectivity index (χ4n) is 2.32. The molecule has 1 aromatic rings. The van der Waals surface area contributed by atoms with Gasteiger partial charge in [0.25, 0.3) is 6.47 Å². The fraction of sp³-hybridized carbons (Fsp3) is 0.350. The van der Waals surface area contributed by atoms with Crippen molar-refractivity contribution in [2.75, 3.05) is 7.05 Å². The number of carbonyl (C=O) groups excluding carboxylic acids is 1. The summed E-state index contributed by atoms with van der Waals surface area (Å²) >= 11 is 0. The molecule has 1 atom stereocenters. The summed E-state index contributed by atoms with van der Waals surface area (Å²) in [4.78, 5) is 14.1. The van der Waals surface area contributed by atoms with E-state index in [1.807, 2.05) is 27.1 Å². The van der Waals surface area contributed by atoms with Crippen LogP contribution in [0.1, 0.15) is 33.4 Å². The molecule has 0 saturated heterocycles. The molecule has 0 radical (unpaired) electrons. The molecule has 2 aliphatic rings. The Kier molecular flexibility index (Phi) is 9.16. The Morgan fingerprint density at radius 3 is 2.52 bits per heavy atom. The first kappa shape index (κ1) is 21.8. The van der Waals surface area contributed by atoms with Crippen molar-refractivity contribution in [1.29, 1.82) is 5.26 Å². The normalized spacial score (nSPS) is 16.2. The van der Waals surface area contributed by atoms with Crippen LogP contribution in [0, 0.1) is 23.2 Å². The van der Waals surface area contributed by atoms with Gasteiger partial charge < -0.3 is 10.1 Å². The quantitative estimate of drug-likeness (QED) is 0.820. The third-order valence-corrected chi connectivity index (χ3v) is 3.65. The summed E-state index contributed by atoms with van der Waals surface area (Å²) in [5.41, 5.74) is 2.88. The van der Waals surface area contributed by atoms with Gasteiger partial charge in [0.15, 0.2) is 5.69 Å². The summed E-state index contributed by atoms with van der Waals surface area (Å²) in [6, 6.07) is 4.58. The Morgan fingerprint density at radius 1 is 1.26 bits per heavy atom. The minimum absolute atomic E-state index is 0.0824. The van der Waals surface area contributed by atoms with Crippen molar-refractivity contribution in [3.8, 4) is 11.9 Å².